The van der Waals surface area contributed by atoms with E-state index in [0.717, 1.165) is 25.7 Å². The Morgan fingerprint density at radius 3 is 2.38 bits per heavy atom. The fraction of sp³-hybridized carbons (Fsp3) is 0.652. The van der Waals surface area contributed by atoms with Gasteiger partial charge in [0.15, 0.2) is 0 Å². The standard InChI is InChI=1S/C23H33F3N4O4/c1-16(15-27-18-6-8-19(9-7-18)34-23(24,25)26)28-21(31)20(14-17-4-2-3-5-17)29-22(32)30-10-12-33-13-11-30/h6-9,16-17,20,27H,2-5,10-15H2,1H3,(H,28,31)(H,29,32)/t16-,20-/m0/s1. The number of amides is 3. The predicted octanol–water partition coefficient (Wildman–Crippen LogP) is 3.49. The van der Waals surface area contributed by atoms with E-state index in [1.54, 1.807) is 4.90 Å². The molecule has 2 aliphatic rings. The normalized spacial score (nSPS) is 18.8. The molecule has 1 aliphatic heterocycles. The van der Waals surface area contributed by atoms with Crippen LogP contribution >= 0.6 is 0 Å². The Balaban J connectivity index is 1.50. The van der Waals surface area contributed by atoms with Crippen molar-refractivity contribution in [1.29, 1.82) is 0 Å². The molecule has 0 spiro atoms. The number of carbonyl (C=O) groups is 2. The van der Waals surface area contributed by atoms with Crippen LogP contribution in [0.2, 0.25) is 0 Å². The maximum absolute atomic E-state index is 13.0. The second kappa shape index (κ2) is 12.1. The molecule has 1 saturated heterocycles. The summed E-state index contributed by atoms with van der Waals surface area (Å²) in [7, 11) is 0. The number of benzene rings is 1. The first-order chi connectivity index (χ1) is 16.2. The van der Waals surface area contributed by atoms with E-state index in [4.69, 9.17) is 4.74 Å². The second-order valence-corrected chi connectivity index (χ2v) is 8.85. The molecule has 190 valence electrons. The summed E-state index contributed by atoms with van der Waals surface area (Å²) in [6, 6.07) is 4.23. The summed E-state index contributed by atoms with van der Waals surface area (Å²) in [5.74, 6) is -0.131. The van der Waals surface area contributed by atoms with E-state index >= 15 is 0 Å². The van der Waals surface area contributed by atoms with Gasteiger partial charge in [0.25, 0.3) is 0 Å². The average molecular weight is 487 g/mol. The number of carbonyl (C=O) groups excluding carboxylic acids is 2. The van der Waals surface area contributed by atoms with E-state index in [2.05, 4.69) is 20.7 Å². The van der Waals surface area contributed by atoms with E-state index in [-0.39, 0.29) is 23.7 Å². The molecule has 34 heavy (non-hydrogen) atoms. The van der Waals surface area contributed by atoms with Crippen LogP contribution in [0.1, 0.15) is 39.0 Å². The SMILES string of the molecule is C[C@@H](CNc1ccc(OC(F)(F)F)cc1)NC(=O)[C@H](CC1CCCC1)NC(=O)N1CCOCC1. The number of ether oxygens (including phenoxy) is 2. The molecular weight excluding hydrogens is 453 g/mol. The predicted molar refractivity (Wildman–Crippen MR) is 121 cm³/mol. The van der Waals surface area contributed by atoms with Gasteiger partial charge in [-0.15, -0.1) is 13.2 Å². The molecule has 2 fully saturated rings. The van der Waals surface area contributed by atoms with Crippen molar-refractivity contribution in [1.82, 2.24) is 15.5 Å². The minimum absolute atomic E-state index is 0.239. The van der Waals surface area contributed by atoms with Gasteiger partial charge in [-0.05, 0) is 43.5 Å². The molecule has 0 aromatic heterocycles. The number of hydrogen-bond acceptors (Lipinski definition) is 5. The van der Waals surface area contributed by atoms with Crippen molar-refractivity contribution in [2.45, 2.75) is 57.5 Å². The summed E-state index contributed by atoms with van der Waals surface area (Å²) in [6.07, 6.45) is 0.264. The fourth-order valence-electron chi connectivity index (χ4n) is 4.26. The molecule has 1 aliphatic carbocycles. The number of anilines is 1. The highest BCUT2D eigenvalue weighted by atomic mass is 19.4. The van der Waals surface area contributed by atoms with Crippen LogP contribution in [-0.4, -0.2) is 68.1 Å². The van der Waals surface area contributed by atoms with Crippen LogP contribution < -0.4 is 20.7 Å². The monoisotopic (exact) mass is 486 g/mol. The van der Waals surface area contributed by atoms with Gasteiger partial charge in [-0.1, -0.05) is 25.7 Å². The number of hydrogen-bond donors (Lipinski definition) is 3. The molecule has 3 amide bonds. The molecule has 1 aromatic rings. The van der Waals surface area contributed by atoms with Gasteiger partial charge in [0.1, 0.15) is 11.8 Å². The number of nitrogens with one attached hydrogen (secondary N) is 3. The van der Waals surface area contributed by atoms with E-state index in [0.29, 0.717) is 50.9 Å². The van der Waals surface area contributed by atoms with Gasteiger partial charge in [0, 0.05) is 31.4 Å². The number of urea groups is 1. The molecular formula is C23H33F3N4O4. The molecule has 3 rings (SSSR count). The van der Waals surface area contributed by atoms with Crippen molar-refractivity contribution in [3.8, 4) is 5.75 Å². The Bertz CT molecular complexity index is 794. The van der Waals surface area contributed by atoms with E-state index < -0.39 is 12.4 Å². The molecule has 1 heterocycles. The first-order valence-electron chi connectivity index (χ1n) is 11.7. The van der Waals surface area contributed by atoms with Crippen molar-refractivity contribution in [3.63, 3.8) is 0 Å². The van der Waals surface area contributed by atoms with Crippen LogP contribution in [0.3, 0.4) is 0 Å². The molecule has 1 aromatic carbocycles. The fourth-order valence-corrected chi connectivity index (χ4v) is 4.26. The van der Waals surface area contributed by atoms with E-state index in [1.165, 1.54) is 24.3 Å². The van der Waals surface area contributed by atoms with Crippen molar-refractivity contribution in [2.75, 3.05) is 38.2 Å². The number of rotatable bonds is 9. The number of nitrogens with zero attached hydrogens (tertiary/aromatic N) is 1. The molecule has 0 radical (unpaired) electrons. The first kappa shape index (κ1) is 25.9. The lowest BCUT2D eigenvalue weighted by Crippen LogP contribution is -2.55. The maximum atomic E-state index is 13.0. The smallest absolute Gasteiger partial charge is 0.406 e. The average Bonchev–Trinajstić information content (AvgIpc) is 3.31. The first-order valence-corrected chi connectivity index (χ1v) is 11.7. The number of alkyl halides is 3. The highest BCUT2D eigenvalue weighted by Gasteiger charge is 2.31. The zero-order chi connectivity index (χ0) is 24.6. The van der Waals surface area contributed by atoms with Gasteiger partial charge in [0.05, 0.1) is 13.2 Å². The molecule has 8 nitrogen and oxygen atoms in total. The number of halogens is 3. The van der Waals surface area contributed by atoms with Gasteiger partial charge < -0.3 is 30.3 Å². The summed E-state index contributed by atoms with van der Waals surface area (Å²) in [5.41, 5.74) is 0.596. The summed E-state index contributed by atoms with van der Waals surface area (Å²) < 4.78 is 46.0. The third kappa shape index (κ3) is 8.58. The van der Waals surface area contributed by atoms with E-state index in [1.807, 2.05) is 6.92 Å². The summed E-state index contributed by atoms with van der Waals surface area (Å²) in [6.45, 7) is 4.15. The Kier molecular flexibility index (Phi) is 9.26. The van der Waals surface area contributed by atoms with Gasteiger partial charge in [-0.3, -0.25) is 4.79 Å². The maximum Gasteiger partial charge on any atom is 0.573 e. The zero-order valence-corrected chi connectivity index (χ0v) is 19.3. The molecule has 0 bridgehead atoms. The lowest BCUT2D eigenvalue weighted by Gasteiger charge is -2.30. The van der Waals surface area contributed by atoms with Crippen LogP contribution in [0.5, 0.6) is 5.75 Å². The van der Waals surface area contributed by atoms with Gasteiger partial charge in [-0.25, -0.2) is 4.79 Å². The van der Waals surface area contributed by atoms with Gasteiger partial charge >= 0.3 is 12.4 Å². The molecule has 3 N–H and O–H groups in total. The lowest BCUT2D eigenvalue weighted by atomic mass is 9.97. The van der Waals surface area contributed by atoms with Crippen LogP contribution in [0.15, 0.2) is 24.3 Å². The Morgan fingerprint density at radius 2 is 1.76 bits per heavy atom. The zero-order valence-electron chi connectivity index (χ0n) is 19.3. The topological polar surface area (TPSA) is 91.9 Å². The quantitative estimate of drug-likeness (QED) is 0.497. The Hall–Kier alpha value is -2.69. The van der Waals surface area contributed by atoms with Crippen LogP contribution in [0.25, 0.3) is 0 Å². The van der Waals surface area contributed by atoms with Gasteiger partial charge in [0.2, 0.25) is 5.91 Å². The molecule has 2 atom stereocenters. The van der Waals surface area contributed by atoms with Gasteiger partial charge in [-0.2, -0.15) is 0 Å². The highest BCUT2D eigenvalue weighted by molar-refractivity contribution is 5.87. The number of morpholine rings is 1. The molecule has 11 heteroatoms. The second-order valence-electron chi connectivity index (χ2n) is 8.85. The minimum atomic E-state index is -4.74. The van der Waals surface area contributed by atoms with Crippen molar-refractivity contribution in [3.05, 3.63) is 24.3 Å². The third-order valence-corrected chi connectivity index (χ3v) is 6.05. The van der Waals surface area contributed by atoms with Crippen molar-refractivity contribution < 1.29 is 32.2 Å². The molecule has 1 saturated carbocycles. The lowest BCUT2D eigenvalue weighted by molar-refractivity contribution is -0.274. The highest BCUT2D eigenvalue weighted by Crippen LogP contribution is 2.29. The Labute approximate surface area is 197 Å². The van der Waals surface area contributed by atoms with Crippen LogP contribution in [-0.2, 0) is 9.53 Å². The van der Waals surface area contributed by atoms with Crippen molar-refractivity contribution in [2.24, 2.45) is 5.92 Å². The van der Waals surface area contributed by atoms with Crippen LogP contribution in [0, 0.1) is 5.92 Å². The van der Waals surface area contributed by atoms with E-state index in [9.17, 15) is 22.8 Å². The third-order valence-electron chi connectivity index (χ3n) is 6.05. The minimum Gasteiger partial charge on any atom is -0.406 e. The van der Waals surface area contributed by atoms with Crippen molar-refractivity contribution >= 4 is 17.6 Å². The Morgan fingerprint density at radius 1 is 1.12 bits per heavy atom. The largest absolute Gasteiger partial charge is 0.573 e. The molecule has 0 unspecified atom stereocenters. The van der Waals surface area contributed by atoms with Crippen LogP contribution in [0.4, 0.5) is 23.7 Å². The summed E-state index contributed by atoms with van der Waals surface area (Å²) in [4.78, 5) is 27.4. The summed E-state index contributed by atoms with van der Waals surface area (Å²) >= 11 is 0. The summed E-state index contributed by atoms with van der Waals surface area (Å²) in [5, 5.41) is 8.94.